The fraction of sp³-hybridized carbons (Fsp3) is 0.118. The number of fused-ring (bicyclic) bond motifs is 1. The quantitative estimate of drug-likeness (QED) is 0.776. The van der Waals surface area contributed by atoms with Crippen LogP contribution >= 0.6 is 0 Å². The lowest BCUT2D eigenvalue weighted by Gasteiger charge is -2.05. The van der Waals surface area contributed by atoms with Gasteiger partial charge in [-0.1, -0.05) is 30.3 Å². The van der Waals surface area contributed by atoms with E-state index >= 15 is 0 Å². The monoisotopic (exact) mass is 293 g/mol. The van der Waals surface area contributed by atoms with Crippen molar-refractivity contribution < 1.29 is 4.79 Å². The van der Waals surface area contributed by atoms with Gasteiger partial charge in [-0.25, -0.2) is 4.98 Å². The second kappa shape index (κ2) is 6.22. The number of hydrogen-bond donors (Lipinski definition) is 2. The Kier molecular flexibility index (Phi) is 3.96. The molecule has 3 rings (SSSR count). The number of amides is 1. The topological polar surface area (TPSA) is 74.8 Å². The van der Waals surface area contributed by atoms with Crippen LogP contribution in [-0.4, -0.2) is 15.9 Å². The molecule has 0 unspecified atom stereocenters. The first-order chi connectivity index (χ1) is 10.7. The van der Waals surface area contributed by atoms with Gasteiger partial charge in [0.15, 0.2) is 0 Å². The Morgan fingerprint density at radius 2 is 1.77 bits per heavy atom. The lowest BCUT2D eigenvalue weighted by molar-refractivity contribution is -0.116. The standard InChI is InChI=1S/C17H15N3O2/c21-16(18-12-6-2-1-3-7-12)11-10-15-17(22)20-14-9-5-4-8-13(14)19-15/h1-9H,10-11H2,(H,18,21)(H,20,22). The molecule has 3 aromatic rings. The highest BCUT2D eigenvalue weighted by Crippen LogP contribution is 2.08. The molecular weight excluding hydrogens is 278 g/mol. The second-order valence-corrected chi connectivity index (χ2v) is 4.94. The number of nitrogens with one attached hydrogen (secondary N) is 2. The molecule has 0 bridgehead atoms. The molecule has 1 amide bonds. The number of carbonyl (C=O) groups is 1. The third-order valence-electron chi connectivity index (χ3n) is 3.32. The number of para-hydroxylation sites is 3. The summed E-state index contributed by atoms with van der Waals surface area (Å²) >= 11 is 0. The molecule has 0 atom stereocenters. The summed E-state index contributed by atoms with van der Waals surface area (Å²) in [5.41, 5.74) is 2.30. The Morgan fingerprint density at radius 3 is 2.59 bits per heavy atom. The summed E-state index contributed by atoms with van der Waals surface area (Å²) in [7, 11) is 0. The molecule has 0 aliphatic rings. The molecule has 0 saturated carbocycles. The van der Waals surface area contributed by atoms with Gasteiger partial charge in [0.1, 0.15) is 5.69 Å². The molecule has 0 saturated heterocycles. The van der Waals surface area contributed by atoms with E-state index in [2.05, 4.69) is 15.3 Å². The number of H-pyrrole nitrogens is 1. The van der Waals surface area contributed by atoms with Crippen molar-refractivity contribution in [3.05, 3.63) is 70.6 Å². The molecule has 0 aliphatic carbocycles. The number of anilines is 1. The van der Waals surface area contributed by atoms with Crippen LogP contribution in [0.15, 0.2) is 59.4 Å². The molecule has 0 fully saturated rings. The number of benzene rings is 2. The third kappa shape index (κ3) is 3.20. The fourth-order valence-electron chi connectivity index (χ4n) is 2.21. The maximum atomic E-state index is 12.0. The molecule has 0 radical (unpaired) electrons. The second-order valence-electron chi connectivity index (χ2n) is 4.94. The predicted octanol–water partition coefficient (Wildman–Crippen LogP) is 2.49. The Morgan fingerprint density at radius 1 is 1.05 bits per heavy atom. The van der Waals surface area contributed by atoms with E-state index in [9.17, 15) is 9.59 Å². The molecule has 0 spiro atoms. The summed E-state index contributed by atoms with van der Waals surface area (Å²) in [6, 6.07) is 16.6. The summed E-state index contributed by atoms with van der Waals surface area (Å²) < 4.78 is 0. The summed E-state index contributed by atoms with van der Waals surface area (Å²) in [6.07, 6.45) is 0.516. The van der Waals surface area contributed by atoms with E-state index in [4.69, 9.17) is 0 Å². The van der Waals surface area contributed by atoms with Crippen LogP contribution in [-0.2, 0) is 11.2 Å². The zero-order chi connectivity index (χ0) is 15.4. The smallest absolute Gasteiger partial charge is 0.270 e. The van der Waals surface area contributed by atoms with Crippen molar-refractivity contribution in [3.8, 4) is 0 Å². The van der Waals surface area contributed by atoms with E-state index in [1.54, 1.807) is 6.07 Å². The minimum Gasteiger partial charge on any atom is -0.326 e. The average molecular weight is 293 g/mol. The Balaban J connectivity index is 1.70. The summed E-state index contributed by atoms with van der Waals surface area (Å²) in [5, 5.41) is 2.79. The van der Waals surface area contributed by atoms with Crippen LogP contribution in [0.5, 0.6) is 0 Å². The highest BCUT2D eigenvalue weighted by atomic mass is 16.1. The van der Waals surface area contributed by atoms with Gasteiger partial charge < -0.3 is 10.3 Å². The van der Waals surface area contributed by atoms with Crippen molar-refractivity contribution in [1.82, 2.24) is 9.97 Å². The normalized spacial score (nSPS) is 10.5. The Labute approximate surface area is 127 Å². The molecular formula is C17H15N3O2. The van der Waals surface area contributed by atoms with Gasteiger partial charge in [-0.3, -0.25) is 9.59 Å². The van der Waals surface area contributed by atoms with Crippen LogP contribution in [0, 0.1) is 0 Å². The van der Waals surface area contributed by atoms with E-state index in [-0.39, 0.29) is 17.9 Å². The lowest BCUT2D eigenvalue weighted by atomic mass is 10.2. The van der Waals surface area contributed by atoms with Gasteiger partial charge in [-0.05, 0) is 24.3 Å². The van der Waals surface area contributed by atoms with Gasteiger partial charge >= 0.3 is 0 Å². The first kappa shape index (κ1) is 14.0. The number of rotatable bonds is 4. The minimum absolute atomic E-state index is 0.138. The summed E-state index contributed by atoms with van der Waals surface area (Å²) in [6.45, 7) is 0. The number of aromatic nitrogens is 2. The van der Waals surface area contributed by atoms with Crippen LogP contribution in [0.4, 0.5) is 5.69 Å². The van der Waals surface area contributed by atoms with Crippen molar-refractivity contribution >= 4 is 22.6 Å². The molecule has 1 aromatic heterocycles. The third-order valence-corrected chi connectivity index (χ3v) is 3.32. The van der Waals surface area contributed by atoms with Crippen LogP contribution in [0.3, 0.4) is 0 Å². The van der Waals surface area contributed by atoms with Gasteiger partial charge in [0, 0.05) is 18.5 Å². The molecule has 22 heavy (non-hydrogen) atoms. The first-order valence-electron chi connectivity index (χ1n) is 7.05. The van der Waals surface area contributed by atoms with E-state index in [0.29, 0.717) is 17.6 Å². The van der Waals surface area contributed by atoms with Gasteiger partial charge in [0.25, 0.3) is 5.56 Å². The van der Waals surface area contributed by atoms with Crippen molar-refractivity contribution in [2.45, 2.75) is 12.8 Å². The summed E-state index contributed by atoms with van der Waals surface area (Å²) in [4.78, 5) is 31.0. The van der Waals surface area contributed by atoms with E-state index in [1.807, 2.05) is 48.5 Å². The van der Waals surface area contributed by atoms with Crippen molar-refractivity contribution in [2.75, 3.05) is 5.32 Å². The number of carbonyl (C=O) groups excluding carboxylic acids is 1. The molecule has 0 aliphatic heterocycles. The first-order valence-corrected chi connectivity index (χ1v) is 7.05. The molecule has 5 nitrogen and oxygen atoms in total. The molecule has 5 heteroatoms. The van der Waals surface area contributed by atoms with E-state index < -0.39 is 0 Å². The average Bonchev–Trinajstić information content (AvgIpc) is 2.54. The van der Waals surface area contributed by atoms with Crippen molar-refractivity contribution in [1.29, 1.82) is 0 Å². The maximum Gasteiger partial charge on any atom is 0.270 e. The number of aryl methyl sites for hydroxylation is 1. The lowest BCUT2D eigenvalue weighted by Crippen LogP contribution is -2.18. The minimum atomic E-state index is -0.244. The van der Waals surface area contributed by atoms with E-state index in [1.165, 1.54) is 0 Å². The van der Waals surface area contributed by atoms with Crippen LogP contribution in [0.1, 0.15) is 12.1 Å². The van der Waals surface area contributed by atoms with Gasteiger partial charge in [0.05, 0.1) is 11.0 Å². The van der Waals surface area contributed by atoms with Crippen LogP contribution < -0.4 is 10.9 Å². The predicted molar refractivity (Wildman–Crippen MR) is 85.8 cm³/mol. The van der Waals surface area contributed by atoms with Gasteiger partial charge in [0.2, 0.25) is 5.91 Å². The van der Waals surface area contributed by atoms with Gasteiger partial charge in [-0.2, -0.15) is 0 Å². The van der Waals surface area contributed by atoms with E-state index in [0.717, 1.165) is 11.2 Å². The largest absolute Gasteiger partial charge is 0.326 e. The maximum absolute atomic E-state index is 12.0. The Hall–Kier alpha value is -2.95. The van der Waals surface area contributed by atoms with Crippen molar-refractivity contribution in [3.63, 3.8) is 0 Å². The number of aromatic amines is 1. The van der Waals surface area contributed by atoms with Crippen LogP contribution in [0.25, 0.3) is 11.0 Å². The molecule has 110 valence electrons. The zero-order valence-electron chi connectivity index (χ0n) is 11.9. The highest BCUT2D eigenvalue weighted by Gasteiger charge is 2.08. The number of hydrogen-bond acceptors (Lipinski definition) is 3. The van der Waals surface area contributed by atoms with Crippen molar-refractivity contribution in [2.24, 2.45) is 0 Å². The molecule has 1 heterocycles. The fourth-order valence-corrected chi connectivity index (χ4v) is 2.21. The highest BCUT2D eigenvalue weighted by molar-refractivity contribution is 5.90. The molecule has 2 aromatic carbocycles. The zero-order valence-corrected chi connectivity index (χ0v) is 11.9. The number of nitrogens with zero attached hydrogens (tertiary/aromatic N) is 1. The van der Waals surface area contributed by atoms with Gasteiger partial charge in [-0.15, -0.1) is 0 Å². The molecule has 2 N–H and O–H groups in total. The SMILES string of the molecule is O=C(CCc1nc2ccccc2[nH]c1=O)Nc1ccccc1. The Bertz CT molecular complexity index is 856. The summed E-state index contributed by atoms with van der Waals surface area (Å²) in [5.74, 6) is -0.138. The van der Waals surface area contributed by atoms with Crippen LogP contribution in [0.2, 0.25) is 0 Å².